The van der Waals surface area contributed by atoms with Crippen molar-refractivity contribution in [2.45, 2.75) is 12.8 Å². The molecular weight excluding hydrogens is 162 g/mol. The highest BCUT2D eigenvalue weighted by Gasteiger charge is 1.95. The lowest BCUT2D eigenvalue weighted by Gasteiger charge is -1.97. The molecule has 0 saturated carbocycles. The maximum atomic E-state index is 4.20. The van der Waals surface area contributed by atoms with E-state index >= 15 is 0 Å². The van der Waals surface area contributed by atoms with E-state index in [1.807, 2.05) is 18.5 Å². The summed E-state index contributed by atoms with van der Waals surface area (Å²) in [7, 11) is 0. The van der Waals surface area contributed by atoms with Crippen LogP contribution in [0.2, 0.25) is 0 Å². The monoisotopic (exact) mass is 173 g/mol. The van der Waals surface area contributed by atoms with Crippen molar-refractivity contribution in [3.05, 3.63) is 48.3 Å². The zero-order valence-electron chi connectivity index (χ0n) is 7.27. The molecule has 3 heteroatoms. The fraction of sp³-hybridized carbons (Fsp3) is 0.200. The van der Waals surface area contributed by atoms with Gasteiger partial charge in [0.25, 0.3) is 0 Å². The number of nitrogens with one attached hydrogen (secondary N) is 1. The molecule has 0 spiro atoms. The average molecular weight is 173 g/mol. The van der Waals surface area contributed by atoms with Gasteiger partial charge in [0.05, 0.1) is 5.69 Å². The Labute approximate surface area is 76.9 Å². The number of H-pyrrole nitrogens is 1. The van der Waals surface area contributed by atoms with Gasteiger partial charge in [0.1, 0.15) is 0 Å². The highest BCUT2D eigenvalue weighted by Crippen LogP contribution is 2.01. The van der Waals surface area contributed by atoms with Gasteiger partial charge >= 0.3 is 0 Å². The highest BCUT2D eigenvalue weighted by molar-refractivity contribution is 5.06. The number of hydrogen-bond acceptors (Lipinski definition) is 2. The molecule has 0 aliphatic rings. The van der Waals surface area contributed by atoms with Crippen LogP contribution in [-0.2, 0) is 12.8 Å². The van der Waals surface area contributed by atoms with Crippen molar-refractivity contribution >= 4 is 0 Å². The molecule has 2 rings (SSSR count). The molecule has 2 heterocycles. The van der Waals surface area contributed by atoms with E-state index in [4.69, 9.17) is 0 Å². The second-order valence-corrected chi connectivity index (χ2v) is 2.89. The number of nitrogens with zero attached hydrogens (tertiary/aromatic N) is 2. The summed E-state index contributed by atoms with van der Waals surface area (Å²) in [4.78, 5) is 11.4. The Bertz CT molecular complexity index is 340. The highest BCUT2D eigenvalue weighted by atomic mass is 14.8. The van der Waals surface area contributed by atoms with Crippen LogP contribution in [-0.4, -0.2) is 15.0 Å². The summed E-state index contributed by atoms with van der Waals surface area (Å²) in [6.07, 6.45) is 9.09. The molecule has 0 amide bonds. The standard InChI is InChI=1S/C10H11N3/c1-2-9(12-5-1)3-4-10-8-11-6-7-13-10/h1-2,5-8,12H,3-4H2. The molecule has 1 N–H and O–H groups in total. The molecule has 0 bridgehead atoms. The lowest BCUT2D eigenvalue weighted by atomic mass is 10.2. The van der Waals surface area contributed by atoms with Crippen LogP contribution < -0.4 is 0 Å². The first-order valence-electron chi connectivity index (χ1n) is 4.32. The van der Waals surface area contributed by atoms with Crippen molar-refractivity contribution in [3.63, 3.8) is 0 Å². The van der Waals surface area contributed by atoms with Crippen LogP contribution in [0.25, 0.3) is 0 Å². The van der Waals surface area contributed by atoms with E-state index in [-0.39, 0.29) is 0 Å². The Balaban J connectivity index is 1.94. The van der Waals surface area contributed by atoms with Gasteiger partial charge in [0.15, 0.2) is 0 Å². The first-order valence-corrected chi connectivity index (χ1v) is 4.32. The van der Waals surface area contributed by atoms with E-state index < -0.39 is 0 Å². The first kappa shape index (κ1) is 7.98. The van der Waals surface area contributed by atoms with E-state index in [0.29, 0.717) is 0 Å². The van der Waals surface area contributed by atoms with Gasteiger partial charge in [0.2, 0.25) is 0 Å². The van der Waals surface area contributed by atoms with Crippen LogP contribution in [0.3, 0.4) is 0 Å². The molecule has 0 radical (unpaired) electrons. The maximum Gasteiger partial charge on any atom is 0.0590 e. The molecule has 2 aromatic heterocycles. The molecule has 0 aliphatic heterocycles. The summed E-state index contributed by atoms with van der Waals surface area (Å²) >= 11 is 0. The SMILES string of the molecule is c1c[nH]c(CCc2cnccn2)c1. The molecule has 0 aliphatic carbocycles. The fourth-order valence-electron chi connectivity index (χ4n) is 1.24. The molecule has 3 nitrogen and oxygen atoms in total. The fourth-order valence-corrected chi connectivity index (χ4v) is 1.24. The van der Waals surface area contributed by atoms with Crippen molar-refractivity contribution in [1.82, 2.24) is 15.0 Å². The van der Waals surface area contributed by atoms with E-state index in [1.54, 1.807) is 12.4 Å². The zero-order chi connectivity index (χ0) is 8.93. The van der Waals surface area contributed by atoms with Gasteiger partial charge in [-0.2, -0.15) is 0 Å². The Morgan fingerprint density at radius 1 is 1.23 bits per heavy atom. The minimum absolute atomic E-state index is 0.939. The summed E-state index contributed by atoms with van der Waals surface area (Å²) < 4.78 is 0. The molecule has 13 heavy (non-hydrogen) atoms. The zero-order valence-corrected chi connectivity index (χ0v) is 7.27. The normalized spacial score (nSPS) is 10.2. The van der Waals surface area contributed by atoms with Crippen LogP contribution in [0.4, 0.5) is 0 Å². The van der Waals surface area contributed by atoms with Crippen LogP contribution >= 0.6 is 0 Å². The Kier molecular flexibility index (Phi) is 2.36. The average Bonchev–Trinajstić information content (AvgIpc) is 2.69. The minimum atomic E-state index is 0.939. The molecule has 0 saturated heterocycles. The second-order valence-electron chi connectivity index (χ2n) is 2.89. The third kappa shape index (κ3) is 2.15. The maximum absolute atomic E-state index is 4.20. The lowest BCUT2D eigenvalue weighted by Crippen LogP contribution is -1.94. The van der Waals surface area contributed by atoms with Gasteiger partial charge < -0.3 is 4.98 Å². The third-order valence-electron chi connectivity index (χ3n) is 1.93. The topological polar surface area (TPSA) is 41.6 Å². The minimum Gasteiger partial charge on any atom is -0.365 e. The Morgan fingerprint density at radius 2 is 2.23 bits per heavy atom. The van der Waals surface area contributed by atoms with Gasteiger partial charge in [-0.3, -0.25) is 9.97 Å². The van der Waals surface area contributed by atoms with Crippen molar-refractivity contribution in [2.24, 2.45) is 0 Å². The first-order chi connectivity index (χ1) is 6.45. The van der Waals surface area contributed by atoms with Gasteiger partial charge in [0, 0.05) is 30.5 Å². The molecule has 0 fully saturated rings. The molecule has 0 aromatic carbocycles. The molecule has 0 unspecified atom stereocenters. The largest absolute Gasteiger partial charge is 0.365 e. The molecule has 2 aromatic rings. The van der Waals surface area contributed by atoms with Crippen molar-refractivity contribution < 1.29 is 0 Å². The Morgan fingerprint density at radius 3 is 2.92 bits per heavy atom. The van der Waals surface area contributed by atoms with Crippen molar-refractivity contribution in [3.8, 4) is 0 Å². The summed E-state index contributed by atoms with van der Waals surface area (Å²) in [5.74, 6) is 0. The Hall–Kier alpha value is -1.64. The predicted octanol–water partition coefficient (Wildman–Crippen LogP) is 1.59. The number of aromatic amines is 1. The quantitative estimate of drug-likeness (QED) is 0.765. The van der Waals surface area contributed by atoms with Gasteiger partial charge in [-0.25, -0.2) is 0 Å². The summed E-state index contributed by atoms with van der Waals surface area (Å²) in [5, 5.41) is 0. The predicted molar refractivity (Wildman–Crippen MR) is 50.2 cm³/mol. The van der Waals surface area contributed by atoms with Crippen LogP contribution in [0, 0.1) is 0 Å². The van der Waals surface area contributed by atoms with Crippen LogP contribution in [0.5, 0.6) is 0 Å². The van der Waals surface area contributed by atoms with Crippen molar-refractivity contribution in [2.75, 3.05) is 0 Å². The molecular formula is C10H11N3. The van der Waals surface area contributed by atoms with Gasteiger partial charge in [-0.05, 0) is 25.0 Å². The number of aryl methyl sites for hydroxylation is 2. The van der Waals surface area contributed by atoms with Gasteiger partial charge in [-0.1, -0.05) is 0 Å². The smallest absolute Gasteiger partial charge is 0.0590 e. The molecule has 66 valence electrons. The van der Waals surface area contributed by atoms with Crippen molar-refractivity contribution in [1.29, 1.82) is 0 Å². The summed E-state index contributed by atoms with van der Waals surface area (Å²) in [5.41, 5.74) is 2.28. The van der Waals surface area contributed by atoms with E-state index in [9.17, 15) is 0 Å². The summed E-state index contributed by atoms with van der Waals surface area (Å²) in [6.45, 7) is 0. The van der Waals surface area contributed by atoms with E-state index in [0.717, 1.165) is 18.5 Å². The summed E-state index contributed by atoms with van der Waals surface area (Å²) in [6, 6.07) is 4.09. The van der Waals surface area contributed by atoms with E-state index in [2.05, 4.69) is 21.0 Å². The van der Waals surface area contributed by atoms with E-state index in [1.165, 1.54) is 5.69 Å². The van der Waals surface area contributed by atoms with Crippen LogP contribution in [0.1, 0.15) is 11.4 Å². The number of rotatable bonds is 3. The van der Waals surface area contributed by atoms with Gasteiger partial charge in [-0.15, -0.1) is 0 Å². The number of aromatic nitrogens is 3. The second kappa shape index (κ2) is 3.85. The molecule has 0 atom stereocenters. The number of hydrogen-bond donors (Lipinski definition) is 1. The van der Waals surface area contributed by atoms with Crippen LogP contribution in [0.15, 0.2) is 36.9 Å². The lowest BCUT2D eigenvalue weighted by molar-refractivity contribution is 0.877. The third-order valence-corrected chi connectivity index (χ3v) is 1.93.